The Labute approximate surface area is 110 Å². The van der Waals surface area contributed by atoms with Crippen LogP contribution in [-0.4, -0.2) is 14.9 Å². The standard InChI is InChI=1S/C15H26N2O/c1-15(2,3)12-7-5-11(6-8-12)14(18)13-9-10-16-17(13)4/h9-12,14,18H,5-8H2,1-4H3. The number of aromatic nitrogens is 2. The van der Waals surface area contributed by atoms with Crippen LogP contribution in [0.4, 0.5) is 0 Å². The van der Waals surface area contributed by atoms with Crippen LogP contribution in [0.2, 0.25) is 0 Å². The quantitative estimate of drug-likeness (QED) is 0.874. The van der Waals surface area contributed by atoms with Gasteiger partial charge in [-0.3, -0.25) is 4.68 Å². The molecule has 1 saturated carbocycles. The summed E-state index contributed by atoms with van der Waals surface area (Å²) in [5, 5.41) is 14.6. The highest BCUT2D eigenvalue weighted by atomic mass is 16.3. The van der Waals surface area contributed by atoms with Crippen molar-refractivity contribution in [2.24, 2.45) is 24.3 Å². The molecule has 0 bridgehead atoms. The molecular formula is C15H26N2O. The van der Waals surface area contributed by atoms with Crippen molar-refractivity contribution in [3.63, 3.8) is 0 Å². The summed E-state index contributed by atoms with van der Waals surface area (Å²) < 4.78 is 1.79. The molecule has 1 atom stereocenters. The lowest BCUT2D eigenvalue weighted by Crippen LogP contribution is -2.28. The summed E-state index contributed by atoms with van der Waals surface area (Å²) >= 11 is 0. The predicted molar refractivity (Wildman–Crippen MR) is 73.1 cm³/mol. The second-order valence-electron chi connectivity index (χ2n) is 6.80. The number of nitrogens with zero attached hydrogens (tertiary/aromatic N) is 2. The second-order valence-corrected chi connectivity index (χ2v) is 6.80. The fourth-order valence-corrected chi connectivity index (χ4v) is 3.22. The smallest absolute Gasteiger partial charge is 0.0984 e. The normalized spacial score (nSPS) is 27.2. The molecule has 0 amide bonds. The molecule has 0 radical (unpaired) electrons. The van der Waals surface area contributed by atoms with E-state index in [1.807, 2.05) is 13.1 Å². The number of hydrogen-bond donors (Lipinski definition) is 1. The lowest BCUT2D eigenvalue weighted by Gasteiger charge is -2.38. The van der Waals surface area contributed by atoms with Crippen LogP contribution in [0.5, 0.6) is 0 Å². The number of aliphatic hydroxyl groups excluding tert-OH is 1. The van der Waals surface area contributed by atoms with Gasteiger partial charge in [0.2, 0.25) is 0 Å². The molecular weight excluding hydrogens is 224 g/mol. The Kier molecular flexibility index (Phi) is 3.81. The molecule has 1 aromatic rings. The van der Waals surface area contributed by atoms with Crippen LogP contribution >= 0.6 is 0 Å². The van der Waals surface area contributed by atoms with Gasteiger partial charge in [-0.1, -0.05) is 20.8 Å². The first-order valence-electron chi connectivity index (χ1n) is 7.05. The van der Waals surface area contributed by atoms with E-state index in [-0.39, 0.29) is 6.10 Å². The summed E-state index contributed by atoms with van der Waals surface area (Å²) in [5.41, 5.74) is 1.36. The van der Waals surface area contributed by atoms with E-state index >= 15 is 0 Å². The van der Waals surface area contributed by atoms with Gasteiger partial charge in [0.05, 0.1) is 11.8 Å². The number of rotatable bonds is 2. The first-order valence-corrected chi connectivity index (χ1v) is 7.05. The number of hydrogen-bond acceptors (Lipinski definition) is 2. The Bertz CT molecular complexity index is 383. The molecule has 18 heavy (non-hydrogen) atoms. The first-order chi connectivity index (χ1) is 8.39. The Hall–Kier alpha value is -0.830. The van der Waals surface area contributed by atoms with E-state index in [1.165, 1.54) is 12.8 Å². The lowest BCUT2D eigenvalue weighted by atomic mass is 9.68. The van der Waals surface area contributed by atoms with Crippen LogP contribution in [0, 0.1) is 17.3 Å². The van der Waals surface area contributed by atoms with Gasteiger partial charge in [-0.25, -0.2) is 0 Å². The van der Waals surface area contributed by atoms with Gasteiger partial charge in [0.25, 0.3) is 0 Å². The monoisotopic (exact) mass is 250 g/mol. The molecule has 0 spiro atoms. The van der Waals surface area contributed by atoms with Gasteiger partial charge in [0, 0.05) is 13.2 Å². The molecule has 3 heteroatoms. The summed E-state index contributed by atoms with van der Waals surface area (Å²) in [6, 6.07) is 1.93. The topological polar surface area (TPSA) is 38.0 Å². The largest absolute Gasteiger partial charge is 0.387 e. The van der Waals surface area contributed by atoms with Crippen molar-refractivity contribution < 1.29 is 5.11 Å². The van der Waals surface area contributed by atoms with Gasteiger partial charge in [0.15, 0.2) is 0 Å². The Balaban J connectivity index is 1.96. The molecule has 1 aliphatic rings. The highest BCUT2D eigenvalue weighted by Crippen LogP contribution is 2.43. The molecule has 1 fully saturated rings. The van der Waals surface area contributed by atoms with Gasteiger partial charge < -0.3 is 5.11 Å². The van der Waals surface area contributed by atoms with Crippen molar-refractivity contribution in [3.8, 4) is 0 Å². The highest BCUT2D eigenvalue weighted by molar-refractivity contribution is 5.06. The van der Waals surface area contributed by atoms with Gasteiger partial charge >= 0.3 is 0 Å². The van der Waals surface area contributed by atoms with Crippen molar-refractivity contribution in [2.45, 2.75) is 52.6 Å². The summed E-state index contributed by atoms with van der Waals surface area (Å²) in [6.07, 6.45) is 6.16. The molecule has 1 heterocycles. The van der Waals surface area contributed by atoms with E-state index < -0.39 is 0 Å². The molecule has 3 nitrogen and oxygen atoms in total. The van der Waals surface area contributed by atoms with Crippen molar-refractivity contribution in [1.82, 2.24) is 9.78 Å². The van der Waals surface area contributed by atoms with Crippen molar-refractivity contribution in [3.05, 3.63) is 18.0 Å². The lowest BCUT2D eigenvalue weighted by molar-refractivity contribution is 0.0479. The molecule has 0 aromatic carbocycles. The van der Waals surface area contributed by atoms with Crippen LogP contribution in [0.15, 0.2) is 12.3 Å². The van der Waals surface area contributed by atoms with E-state index in [9.17, 15) is 5.11 Å². The van der Waals surface area contributed by atoms with Crippen LogP contribution in [-0.2, 0) is 7.05 Å². The molecule has 1 N–H and O–H groups in total. The third-order valence-electron chi connectivity index (χ3n) is 4.60. The summed E-state index contributed by atoms with van der Waals surface area (Å²) in [4.78, 5) is 0. The van der Waals surface area contributed by atoms with Crippen LogP contribution < -0.4 is 0 Å². The van der Waals surface area contributed by atoms with Gasteiger partial charge in [-0.2, -0.15) is 5.10 Å². The molecule has 1 aliphatic carbocycles. The van der Waals surface area contributed by atoms with Gasteiger partial charge in [-0.15, -0.1) is 0 Å². The van der Waals surface area contributed by atoms with Crippen molar-refractivity contribution >= 4 is 0 Å². The molecule has 1 aromatic heterocycles. The summed E-state index contributed by atoms with van der Waals surface area (Å²) in [6.45, 7) is 6.99. The molecule has 0 aliphatic heterocycles. The fourth-order valence-electron chi connectivity index (χ4n) is 3.22. The van der Waals surface area contributed by atoms with E-state index in [2.05, 4.69) is 25.9 Å². The molecule has 2 rings (SSSR count). The minimum absolute atomic E-state index is 0.349. The second kappa shape index (κ2) is 5.04. The SMILES string of the molecule is Cn1nccc1C(O)C1CCC(C(C)(C)C)CC1. The average Bonchev–Trinajstić information content (AvgIpc) is 2.73. The van der Waals surface area contributed by atoms with E-state index in [1.54, 1.807) is 10.9 Å². The maximum atomic E-state index is 10.4. The van der Waals surface area contributed by atoms with Gasteiger partial charge in [-0.05, 0) is 49.0 Å². The maximum Gasteiger partial charge on any atom is 0.0984 e. The van der Waals surface area contributed by atoms with E-state index in [0.717, 1.165) is 24.5 Å². The molecule has 1 unspecified atom stereocenters. The fraction of sp³-hybridized carbons (Fsp3) is 0.800. The third kappa shape index (κ3) is 2.77. The Morgan fingerprint density at radius 2 is 1.89 bits per heavy atom. The number of aliphatic hydroxyl groups is 1. The minimum atomic E-state index is -0.349. The Morgan fingerprint density at radius 3 is 2.33 bits per heavy atom. The first kappa shape index (κ1) is 13.6. The zero-order valence-electron chi connectivity index (χ0n) is 12.1. The van der Waals surface area contributed by atoms with Crippen LogP contribution in [0.3, 0.4) is 0 Å². The van der Waals surface area contributed by atoms with Gasteiger partial charge in [0.1, 0.15) is 0 Å². The van der Waals surface area contributed by atoms with Crippen molar-refractivity contribution in [1.29, 1.82) is 0 Å². The third-order valence-corrected chi connectivity index (χ3v) is 4.60. The minimum Gasteiger partial charge on any atom is -0.387 e. The number of aryl methyl sites for hydroxylation is 1. The Morgan fingerprint density at radius 1 is 1.28 bits per heavy atom. The highest BCUT2D eigenvalue weighted by Gasteiger charge is 2.33. The predicted octanol–water partition coefficient (Wildman–Crippen LogP) is 3.31. The molecule has 0 saturated heterocycles. The zero-order valence-corrected chi connectivity index (χ0v) is 12.1. The maximum absolute atomic E-state index is 10.4. The van der Waals surface area contributed by atoms with Crippen LogP contribution in [0.1, 0.15) is 58.3 Å². The molecule has 102 valence electrons. The van der Waals surface area contributed by atoms with Crippen molar-refractivity contribution in [2.75, 3.05) is 0 Å². The summed E-state index contributed by atoms with van der Waals surface area (Å²) in [5.74, 6) is 1.20. The van der Waals surface area contributed by atoms with E-state index in [4.69, 9.17) is 0 Å². The van der Waals surface area contributed by atoms with E-state index in [0.29, 0.717) is 11.3 Å². The summed E-state index contributed by atoms with van der Waals surface area (Å²) in [7, 11) is 1.90. The van der Waals surface area contributed by atoms with Crippen LogP contribution in [0.25, 0.3) is 0 Å². The average molecular weight is 250 g/mol. The zero-order chi connectivity index (χ0) is 13.3.